The van der Waals surface area contributed by atoms with Gasteiger partial charge in [-0.2, -0.15) is 0 Å². The van der Waals surface area contributed by atoms with Crippen molar-refractivity contribution in [1.82, 2.24) is 9.97 Å². The maximum atomic E-state index is 4.03. The summed E-state index contributed by atoms with van der Waals surface area (Å²) >= 11 is 0. The predicted octanol–water partition coefficient (Wildman–Crippen LogP) is 3.61. The fourth-order valence-electron chi connectivity index (χ4n) is 1.89. The first-order valence-electron chi connectivity index (χ1n) is 5.75. The van der Waals surface area contributed by atoms with Crippen LogP contribution in [0.5, 0.6) is 0 Å². The van der Waals surface area contributed by atoms with Gasteiger partial charge in [-0.1, -0.05) is 0 Å². The van der Waals surface area contributed by atoms with Crippen LogP contribution in [0.1, 0.15) is 0 Å². The number of hydrogen-bond donors (Lipinski definition) is 0. The summed E-state index contributed by atoms with van der Waals surface area (Å²) in [7, 11) is 0. The van der Waals surface area contributed by atoms with Gasteiger partial charge in [0.15, 0.2) is 0 Å². The molecule has 0 saturated heterocycles. The quantitative estimate of drug-likeness (QED) is 0.673. The maximum Gasteiger partial charge on any atom is 0.0273 e. The summed E-state index contributed by atoms with van der Waals surface area (Å²) in [6.07, 6.45) is 7.20. The largest absolute Gasteiger partial charge is 0.265 e. The highest BCUT2D eigenvalue weighted by atomic mass is 14.6. The highest BCUT2D eigenvalue weighted by molar-refractivity contribution is 5.72. The number of pyridine rings is 2. The minimum absolute atomic E-state index is 1.15. The minimum atomic E-state index is 1.15. The molecule has 3 aromatic rings. The van der Waals surface area contributed by atoms with Crippen LogP contribution >= 0.6 is 0 Å². The summed E-state index contributed by atoms with van der Waals surface area (Å²) in [5.41, 5.74) is 4.59. The highest BCUT2D eigenvalue weighted by Gasteiger charge is 2.00. The Morgan fingerprint density at radius 3 is 1.50 bits per heavy atom. The molecule has 1 radical (unpaired) electrons. The van der Waals surface area contributed by atoms with Crippen molar-refractivity contribution in [3.05, 3.63) is 73.3 Å². The molecule has 0 bridgehead atoms. The van der Waals surface area contributed by atoms with Crippen molar-refractivity contribution < 1.29 is 0 Å². The van der Waals surface area contributed by atoms with Gasteiger partial charge in [0.1, 0.15) is 0 Å². The Labute approximate surface area is 106 Å². The van der Waals surface area contributed by atoms with Crippen LogP contribution in [0.2, 0.25) is 0 Å². The molecule has 0 aliphatic heterocycles. The van der Waals surface area contributed by atoms with E-state index in [0.29, 0.717) is 0 Å². The molecular weight excluding hydrogens is 220 g/mol. The van der Waals surface area contributed by atoms with Crippen molar-refractivity contribution in [3.8, 4) is 22.3 Å². The summed E-state index contributed by atoms with van der Waals surface area (Å²) in [4.78, 5) is 8.07. The predicted molar refractivity (Wildman–Crippen MR) is 71.7 cm³/mol. The zero-order valence-corrected chi connectivity index (χ0v) is 9.75. The van der Waals surface area contributed by atoms with Crippen LogP contribution in [-0.2, 0) is 0 Å². The number of benzene rings is 1. The summed E-state index contributed by atoms with van der Waals surface area (Å²) in [5, 5.41) is 0. The molecule has 85 valence electrons. The zero-order valence-electron chi connectivity index (χ0n) is 9.75. The topological polar surface area (TPSA) is 25.8 Å². The van der Waals surface area contributed by atoms with Gasteiger partial charge in [-0.15, -0.1) is 0 Å². The van der Waals surface area contributed by atoms with Crippen LogP contribution in [0.25, 0.3) is 22.3 Å². The Balaban J connectivity index is 2.05. The van der Waals surface area contributed by atoms with Gasteiger partial charge < -0.3 is 0 Å². The number of aromatic nitrogens is 2. The van der Waals surface area contributed by atoms with Gasteiger partial charge in [0.25, 0.3) is 0 Å². The molecule has 0 amide bonds. The number of hydrogen-bond acceptors (Lipinski definition) is 2. The highest BCUT2D eigenvalue weighted by Crippen LogP contribution is 2.25. The monoisotopic (exact) mass is 231 g/mol. The lowest BCUT2D eigenvalue weighted by molar-refractivity contribution is 1.33. The van der Waals surface area contributed by atoms with Crippen molar-refractivity contribution in [1.29, 1.82) is 0 Å². The molecule has 0 fully saturated rings. The molecule has 0 N–H and O–H groups in total. The van der Waals surface area contributed by atoms with Crippen LogP contribution in [0.4, 0.5) is 0 Å². The smallest absolute Gasteiger partial charge is 0.0273 e. The molecule has 18 heavy (non-hydrogen) atoms. The molecular formula is C16H11N2. The van der Waals surface area contributed by atoms with Crippen molar-refractivity contribution >= 4 is 0 Å². The Bertz CT molecular complexity index is 579. The second-order valence-corrected chi connectivity index (χ2v) is 3.98. The Hall–Kier alpha value is -2.48. The molecule has 0 saturated carbocycles. The third kappa shape index (κ3) is 2.13. The lowest BCUT2D eigenvalue weighted by atomic mass is 10.0. The standard InChI is InChI=1S/C16H11N2/c1-2-15(13-4-8-17-9-5-13)12-16(3-1)14-6-10-18-11-7-14/h2-12H. The van der Waals surface area contributed by atoms with Crippen LogP contribution in [0.3, 0.4) is 0 Å². The molecule has 2 nitrogen and oxygen atoms in total. The molecule has 0 aliphatic carbocycles. The average Bonchev–Trinajstić information content (AvgIpc) is 2.49. The van der Waals surface area contributed by atoms with Crippen molar-refractivity contribution in [3.63, 3.8) is 0 Å². The molecule has 0 spiro atoms. The first-order valence-corrected chi connectivity index (χ1v) is 5.75. The van der Waals surface area contributed by atoms with Crippen molar-refractivity contribution in [2.24, 2.45) is 0 Å². The van der Waals surface area contributed by atoms with Gasteiger partial charge >= 0.3 is 0 Å². The van der Waals surface area contributed by atoms with Gasteiger partial charge in [-0.3, -0.25) is 9.97 Å². The van der Waals surface area contributed by atoms with Crippen molar-refractivity contribution in [2.75, 3.05) is 0 Å². The molecule has 1 aromatic carbocycles. The summed E-state index contributed by atoms with van der Waals surface area (Å²) in [5.74, 6) is 0. The summed E-state index contributed by atoms with van der Waals surface area (Å²) in [6, 6.07) is 17.3. The molecule has 0 unspecified atom stereocenters. The summed E-state index contributed by atoms with van der Waals surface area (Å²) in [6.45, 7) is 0. The van der Waals surface area contributed by atoms with Crippen molar-refractivity contribution in [2.45, 2.75) is 0 Å². The zero-order chi connectivity index (χ0) is 12.2. The number of nitrogens with zero attached hydrogens (tertiary/aromatic N) is 2. The lowest BCUT2D eigenvalue weighted by Gasteiger charge is -2.05. The van der Waals surface area contributed by atoms with Crippen LogP contribution < -0.4 is 0 Å². The van der Waals surface area contributed by atoms with E-state index in [0.717, 1.165) is 22.3 Å². The molecule has 0 aliphatic rings. The second-order valence-electron chi connectivity index (χ2n) is 3.98. The summed E-state index contributed by atoms with van der Waals surface area (Å²) < 4.78 is 0. The van der Waals surface area contributed by atoms with E-state index < -0.39 is 0 Å². The molecule has 2 heterocycles. The maximum absolute atomic E-state index is 4.03. The van der Waals surface area contributed by atoms with Gasteiger partial charge in [0.05, 0.1) is 0 Å². The van der Waals surface area contributed by atoms with Gasteiger partial charge in [0, 0.05) is 24.8 Å². The first-order chi connectivity index (χ1) is 8.93. The van der Waals surface area contributed by atoms with E-state index in [1.165, 1.54) is 0 Å². The average molecular weight is 231 g/mol. The van der Waals surface area contributed by atoms with Gasteiger partial charge in [-0.05, 0) is 70.8 Å². The Kier molecular flexibility index (Phi) is 2.84. The van der Waals surface area contributed by atoms with E-state index in [4.69, 9.17) is 0 Å². The third-order valence-electron chi connectivity index (χ3n) is 2.82. The second kappa shape index (κ2) is 4.80. The SMILES string of the molecule is [c]1cc(-c2ccncc2)cc(-c2ccncc2)c1. The molecule has 0 atom stereocenters. The van der Waals surface area contributed by atoms with Gasteiger partial charge in [0.2, 0.25) is 0 Å². The van der Waals surface area contributed by atoms with Crippen LogP contribution in [0.15, 0.2) is 67.3 Å². The third-order valence-corrected chi connectivity index (χ3v) is 2.82. The fourth-order valence-corrected chi connectivity index (χ4v) is 1.89. The fraction of sp³-hybridized carbons (Fsp3) is 0. The van der Waals surface area contributed by atoms with Gasteiger partial charge in [-0.25, -0.2) is 0 Å². The molecule has 3 rings (SSSR count). The van der Waals surface area contributed by atoms with Crippen LogP contribution in [0, 0.1) is 6.07 Å². The number of rotatable bonds is 2. The van der Waals surface area contributed by atoms with Crippen LogP contribution in [-0.4, -0.2) is 9.97 Å². The minimum Gasteiger partial charge on any atom is -0.265 e. The molecule has 2 heteroatoms. The van der Waals surface area contributed by atoms with E-state index in [9.17, 15) is 0 Å². The van der Waals surface area contributed by atoms with E-state index in [-0.39, 0.29) is 0 Å². The Morgan fingerprint density at radius 1 is 0.611 bits per heavy atom. The first kappa shape index (κ1) is 10.7. The van der Waals surface area contributed by atoms with E-state index in [1.807, 2.05) is 36.4 Å². The van der Waals surface area contributed by atoms with E-state index in [1.54, 1.807) is 24.8 Å². The normalized spacial score (nSPS) is 10.2. The molecule has 2 aromatic heterocycles. The van der Waals surface area contributed by atoms with E-state index >= 15 is 0 Å². The Morgan fingerprint density at radius 2 is 1.06 bits per heavy atom. The van der Waals surface area contributed by atoms with E-state index in [2.05, 4.69) is 22.1 Å². The lowest BCUT2D eigenvalue weighted by Crippen LogP contribution is -1.82.